The van der Waals surface area contributed by atoms with Crippen molar-refractivity contribution in [2.24, 2.45) is 4.99 Å². The van der Waals surface area contributed by atoms with Gasteiger partial charge in [-0.2, -0.15) is 0 Å². The van der Waals surface area contributed by atoms with Crippen LogP contribution in [0.1, 0.15) is 5.56 Å². The van der Waals surface area contributed by atoms with Crippen molar-refractivity contribution >= 4 is 34.6 Å². The zero-order valence-electron chi connectivity index (χ0n) is 13.3. The minimum absolute atomic E-state index is 0.142. The van der Waals surface area contributed by atoms with Crippen LogP contribution in [-0.4, -0.2) is 25.3 Å². The van der Waals surface area contributed by atoms with Gasteiger partial charge in [0.1, 0.15) is 5.84 Å². The van der Waals surface area contributed by atoms with E-state index in [1.165, 1.54) is 0 Å². The summed E-state index contributed by atoms with van der Waals surface area (Å²) in [7, 11) is 3.18. The second-order valence-electron chi connectivity index (χ2n) is 4.93. The summed E-state index contributed by atoms with van der Waals surface area (Å²) < 4.78 is 10.5. The summed E-state index contributed by atoms with van der Waals surface area (Å²) in [6.45, 7) is 0. The standard InChI is InChI=1S/C18H16N2O3S/c1-22-14-9-8-12(10-15(14)23-2)11-16-17(20-18(21)24-16)19-13-6-4-3-5-7-13/h3-11H,1-2H3,(H,19,20,21)/b16-11-. The average Bonchev–Trinajstić information content (AvgIpc) is 2.94. The molecular formula is C18H16N2O3S. The number of para-hydroxylation sites is 1. The Morgan fingerprint density at radius 2 is 1.79 bits per heavy atom. The molecule has 0 unspecified atom stereocenters. The number of hydrogen-bond acceptors (Lipinski definition) is 5. The Hall–Kier alpha value is -2.73. The van der Waals surface area contributed by atoms with Crippen molar-refractivity contribution in [3.8, 4) is 11.5 Å². The van der Waals surface area contributed by atoms with E-state index < -0.39 is 0 Å². The SMILES string of the molecule is COc1ccc(/C=C2\SC(=O)NC2=Nc2ccccc2)cc1OC. The molecule has 1 aliphatic heterocycles. The Morgan fingerprint density at radius 1 is 1.04 bits per heavy atom. The third kappa shape index (κ3) is 3.60. The van der Waals surface area contributed by atoms with E-state index in [0.717, 1.165) is 27.9 Å². The fraction of sp³-hybridized carbons (Fsp3) is 0.111. The number of hydrogen-bond donors (Lipinski definition) is 1. The van der Waals surface area contributed by atoms with E-state index in [4.69, 9.17) is 9.47 Å². The predicted molar refractivity (Wildman–Crippen MR) is 97.2 cm³/mol. The van der Waals surface area contributed by atoms with E-state index in [-0.39, 0.29) is 5.24 Å². The van der Waals surface area contributed by atoms with Crippen molar-refractivity contribution in [3.05, 3.63) is 59.0 Å². The molecule has 1 heterocycles. The zero-order valence-corrected chi connectivity index (χ0v) is 14.1. The first-order chi connectivity index (χ1) is 11.7. The lowest BCUT2D eigenvalue weighted by Crippen LogP contribution is -2.18. The van der Waals surface area contributed by atoms with Crippen LogP contribution in [0.4, 0.5) is 10.5 Å². The number of carbonyl (C=O) groups excluding carboxylic acids is 1. The summed E-state index contributed by atoms with van der Waals surface area (Å²) in [4.78, 5) is 17.0. The van der Waals surface area contributed by atoms with Gasteiger partial charge in [-0.05, 0) is 47.7 Å². The zero-order chi connectivity index (χ0) is 16.9. The van der Waals surface area contributed by atoms with Crippen molar-refractivity contribution in [2.45, 2.75) is 0 Å². The number of nitrogens with zero attached hydrogens (tertiary/aromatic N) is 1. The fourth-order valence-corrected chi connectivity index (χ4v) is 2.97. The third-order valence-electron chi connectivity index (χ3n) is 3.36. The van der Waals surface area contributed by atoms with Gasteiger partial charge in [-0.1, -0.05) is 24.3 Å². The van der Waals surface area contributed by atoms with Gasteiger partial charge in [-0.3, -0.25) is 4.79 Å². The number of thioether (sulfide) groups is 1. The van der Waals surface area contributed by atoms with E-state index in [9.17, 15) is 4.79 Å². The normalized spacial score (nSPS) is 17.2. The Balaban J connectivity index is 1.95. The van der Waals surface area contributed by atoms with Crippen LogP contribution >= 0.6 is 11.8 Å². The minimum atomic E-state index is -0.142. The van der Waals surface area contributed by atoms with Gasteiger partial charge in [0.2, 0.25) is 0 Å². The lowest BCUT2D eigenvalue weighted by molar-refractivity contribution is 0.265. The highest BCUT2D eigenvalue weighted by Crippen LogP contribution is 2.32. The molecule has 0 bridgehead atoms. The first-order valence-electron chi connectivity index (χ1n) is 7.26. The number of rotatable bonds is 4. The number of benzene rings is 2. The van der Waals surface area contributed by atoms with Crippen LogP contribution in [0.15, 0.2) is 58.4 Å². The molecule has 0 spiro atoms. The molecule has 5 nitrogen and oxygen atoms in total. The minimum Gasteiger partial charge on any atom is -0.493 e. The van der Waals surface area contributed by atoms with E-state index in [1.807, 2.05) is 54.6 Å². The van der Waals surface area contributed by atoms with Crippen molar-refractivity contribution in [1.82, 2.24) is 5.32 Å². The fourth-order valence-electron chi connectivity index (χ4n) is 2.24. The highest BCUT2D eigenvalue weighted by atomic mass is 32.2. The Bertz CT molecular complexity index is 816. The van der Waals surface area contributed by atoms with Crippen molar-refractivity contribution in [2.75, 3.05) is 14.2 Å². The van der Waals surface area contributed by atoms with E-state index in [0.29, 0.717) is 17.3 Å². The largest absolute Gasteiger partial charge is 0.493 e. The van der Waals surface area contributed by atoms with Crippen molar-refractivity contribution < 1.29 is 14.3 Å². The molecule has 2 aromatic carbocycles. The van der Waals surface area contributed by atoms with E-state index in [1.54, 1.807) is 14.2 Å². The molecule has 1 fully saturated rings. The number of aliphatic imine (C=N–C) groups is 1. The number of amides is 1. The van der Waals surface area contributed by atoms with Crippen LogP contribution in [0.25, 0.3) is 6.08 Å². The molecule has 2 aromatic rings. The summed E-state index contributed by atoms with van der Waals surface area (Å²) in [5.41, 5.74) is 1.68. The smallest absolute Gasteiger partial charge is 0.289 e. The number of nitrogens with one attached hydrogen (secondary N) is 1. The molecule has 1 amide bonds. The summed E-state index contributed by atoms with van der Waals surface area (Å²) >= 11 is 1.12. The summed E-state index contributed by atoms with van der Waals surface area (Å²) in [6.07, 6.45) is 1.90. The second kappa shape index (κ2) is 7.23. The first kappa shape index (κ1) is 16.1. The van der Waals surface area contributed by atoms with Crippen LogP contribution < -0.4 is 14.8 Å². The van der Waals surface area contributed by atoms with Gasteiger partial charge >= 0.3 is 0 Å². The molecule has 0 atom stereocenters. The molecule has 0 saturated carbocycles. The molecule has 1 aliphatic rings. The monoisotopic (exact) mass is 340 g/mol. The topological polar surface area (TPSA) is 59.9 Å². The van der Waals surface area contributed by atoms with Crippen LogP contribution in [-0.2, 0) is 0 Å². The maximum absolute atomic E-state index is 11.8. The maximum atomic E-state index is 11.8. The molecule has 0 aliphatic carbocycles. The lowest BCUT2D eigenvalue weighted by atomic mass is 10.2. The van der Waals surface area contributed by atoms with Crippen LogP contribution in [0.2, 0.25) is 0 Å². The molecule has 0 aromatic heterocycles. The van der Waals surface area contributed by atoms with Gasteiger partial charge in [0, 0.05) is 0 Å². The molecule has 122 valence electrons. The molecule has 1 saturated heterocycles. The van der Waals surface area contributed by atoms with Gasteiger partial charge in [-0.25, -0.2) is 4.99 Å². The Kier molecular flexibility index (Phi) is 4.86. The first-order valence-corrected chi connectivity index (χ1v) is 8.08. The quantitative estimate of drug-likeness (QED) is 0.905. The van der Waals surface area contributed by atoms with Gasteiger partial charge in [0.15, 0.2) is 11.5 Å². The number of ether oxygens (including phenoxy) is 2. The van der Waals surface area contributed by atoms with Crippen molar-refractivity contribution in [3.63, 3.8) is 0 Å². The molecular weight excluding hydrogens is 324 g/mol. The predicted octanol–water partition coefficient (Wildman–Crippen LogP) is 4.23. The molecule has 0 radical (unpaired) electrons. The molecule has 1 N–H and O–H groups in total. The Labute approximate surface area is 144 Å². The highest BCUT2D eigenvalue weighted by molar-refractivity contribution is 8.18. The maximum Gasteiger partial charge on any atom is 0.289 e. The number of amidine groups is 1. The summed E-state index contributed by atoms with van der Waals surface area (Å²) in [5, 5.41) is 2.63. The summed E-state index contributed by atoms with van der Waals surface area (Å²) in [6, 6.07) is 15.1. The Morgan fingerprint density at radius 3 is 2.50 bits per heavy atom. The highest BCUT2D eigenvalue weighted by Gasteiger charge is 2.23. The van der Waals surface area contributed by atoms with E-state index in [2.05, 4.69) is 10.3 Å². The van der Waals surface area contributed by atoms with E-state index >= 15 is 0 Å². The number of carbonyl (C=O) groups is 1. The van der Waals surface area contributed by atoms with Crippen LogP contribution in [0, 0.1) is 0 Å². The average molecular weight is 340 g/mol. The third-order valence-corrected chi connectivity index (χ3v) is 4.18. The molecule has 3 rings (SSSR count). The van der Waals surface area contributed by atoms with Crippen LogP contribution in [0.3, 0.4) is 0 Å². The molecule has 24 heavy (non-hydrogen) atoms. The van der Waals surface area contributed by atoms with Gasteiger partial charge in [0.05, 0.1) is 24.8 Å². The molecule has 6 heteroatoms. The summed E-state index contributed by atoms with van der Waals surface area (Å²) in [5.74, 6) is 1.84. The number of methoxy groups -OCH3 is 2. The van der Waals surface area contributed by atoms with Gasteiger partial charge < -0.3 is 14.8 Å². The van der Waals surface area contributed by atoms with Gasteiger partial charge in [-0.15, -0.1) is 0 Å². The van der Waals surface area contributed by atoms with Gasteiger partial charge in [0.25, 0.3) is 5.24 Å². The second-order valence-corrected chi connectivity index (χ2v) is 5.95. The lowest BCUT2D eigenvalue weighted by Gasteiger charge is -2.08. The van der Waals surface area contributed by atoms with Crippen molar-refractivity contribution in [1.29, 1.82) is 0 Å². The van der Waals surface area contributed by atoms with Crippen LogP contribution in [0.5, 0.6) is 11.5 Å².